The van der Waals surface area contributed by atoms with E-state index in [0.29, 0.717) is 5.69 Å². The van der Waals surface area contributed by atoms with Crippen LogP contribution in [0.4, 0.5) is 0 Å². The van der Waals surface area contributed by atoms with Crippen molar-refractivity contribution in [1.82, 2.24) is 15.4 Å². The minimum atomic E-state index is -3.63. The first-order chi connectivity index (χ1) is 8.05. The molecule has 0 bridgehead atoms. The summed E-state index contributed by atoms with van der Waals surface area (Å²) in [7, 11) is -3.63. The fraction of sp³-hybridized carbons (Fsp3) is 0. The van der Waals surface area contributed by atoms with Crippen molar-refractivity contribution in [2.45, 2.75) is 4.90 Å². The zero-order valence-electron chi connectivity index (χ0n) is 8.74. The highest BCUT2D eigenvalue weighted by Crippen LogP contribution is 2.10. The first-order valence-corrected chi connectivity index (χ1v) is 6.27. The van der Waals surface area contributed by atoms with E-state index in [9.17, 15) is 8.42 Å². The predicted octanol–water partition coefficient (Wildman–Crippen LogP) is 0.622. The van der Waals surface area contributed by atoms with Crippen molar-refractivity contribution in [2.24, 2.45) is 5.14 Å². The molecule has 0 aliphatic rings. The highest BCUT2D eigenvalue weighted by molar-refractivity contribution is 7.89. The molecule has 0 radical (unpaired) electrons. The van der Waals surface area contributed by atoms with Gasteiger partial charge >= 0.3 is 0 Å². The molecular weight excluding hydrogens is 240 g/mol. The number of rotatable bonds is 3. The van der Waals surface area contributed by atoms with E-state index in [4.69, 9.17) is 5.14 Å². The van der Waals surface area contributed by atoms with Crippen molar-refractivity contribution in [3.05, 3.63) is 41.7 Å². The third kappa shape index (κ3) is 2.99. The number of nitrogens with one attached hydrogen (secondary N) is 1. The Morgan fingerprint density at radius 2 is 1.88 bits per heavy atom. The lowest BCUT2D eigenvalue weighted by atomic mass is 10.2. The fourth-order valence-electron chi connectivity index (χ4n) is 1.24. The second-order valence-corrected chi connectivity index (χ2v) is 4.90. The molecule has 0 aliphatic carbocycles. The molecule has 17 heavy (non-hydrogen) atoms. The predicted molar refractivity (Wildman–Crippen MR) is 63.1 cm³/mol. The maximum absolute atomic E-state index is 11.0. The zero-order chi connectivity index (χ0) is 12.3. The molecule has 0 spiro atoms. The fourth-order valence-corrected chi connectivity index (χ4v) is 1.76. The Morgan fingerprint density at radius 1 is 1.18 bits per heavy atom. The van der Waals surface area contributed by atoms with Crippen molar-refractivity contribution < 1.29 is 8.42 Å². The molecule has 88 valence electrons. The van der Waals surface area contributed by atoms with Gasteiger partial charge in [-0.3, -0.25) is 0 Å². The van der Waals surface area contributed by atoms with Crippen molar-refractivity contribution in [3.8, 4) is 0 Å². The first-order valence-electron chi connectivity index (χ1n) is 4.72. The Balaban J connectivity index is 2.19. The Hall–Kier alpha value is -1.99. The number of primary sulfonamides is 1. The lowest BCUT2D eigenvalue weighted by molar-refractivity contribution is 0.598. The van der Waals surface area contributed by atoms with Crippen LogP contribution in [0.1, 0.15) is 11.3 Å². The van der Waals surface area contributed by atoms with E-state index >= 15 is 0 Å². The molecule has 3 N–H and O–H groups in total. The van der Waals surface area contributed by atoms with E-state index in [0.717, 1.165) is 5.56 Å². The number of aromatic nitrogens is 3. The van der Waals surface area contributed by atoms with Gasteiger partial charge in [0, 0.05) is 0 Å². The Bertz CT molecular complexity index is 615. The lowest BCUT2D eigenvalue weighted by Gasteiger charge is -1.98. The summed E-state index contributed by atoms with van der Waals surface area (Å²) in [6.07, 6.45) is 5.13. The summed E-state index contributed by atoms with van der Waals surface area (Å²) in [5.74, 6) is 0. The lowest BCUT2D eigenvalue weighted by Crippen LogP contribution is -2.11. The monoisotopic (exact) mass is 250 g/mol. The summed E-state index contributed by atoms with van der Waals surface area (Å²) in [5.41, 5.74) is 1.54. The zero-order valence-corrected chi connectivity index (χ0v) is 9.55. The van der Waals surface area contributed by atoms with Gasteiger partial charge in [0.05, 0.1) is 11.1 Å². The standard InChI is InChI=1S/C10H10N4O2S/c11-17(15,16)10-5-2-8(3-6-10)1-4-9-7-12-14-13-9/h1-7H,(H2,11,15,16)(H,12,13,14). The van der Waals surface area contributed by atoms with Gasteiger partial charge in [-0.25, -0.2) is 13.6 Å². The molecule has 6 nitrogen and oxygen atoms in total. The third-order valence-electron chi connectivity index (χ3n) is 2.09. The van der Waals surface area contributed by atoms with E-state index < -0.39 is 10.0 Å². The summed E-state index contributed by atoms with van der Waals surface area (Å²) < 4.78 is 22.1. The van der Waals surface area contributed by atoms with Gasteiger partial charge in [0.15, 0.2) is 0 Å². The maximum Gasteiger partial charge on any atom is 0.238 e. The summed E-state index contributed by atoms with van der Waals surface area (Å²) in [6.45, 7) is 0. The first kappa shape index (κ1) is 11.5. The molecule has 0 unspecified atom stereocenters. The number of nitrogens with zero attached hydrogens (tertiary/aromatic N) is 2. The average Bonchev–Trinajstić information content (AvgIpc) is 2.78. The number of H-pyrrole nitrogens is 1. The largest absolute Gasteiger partial charge is 0.238 e. The second-order valence-electron chi connectivity index (χ2n) is 3.34. The van der Waals surface area contributed by atoms with Crippen LogP contribution in [0.3, 0.4) is 0 Å². The topological polar surface area (TPSA) is 102 Å². The van der Waals surface area contributed by atoms with E-state index in [2.05, 4.69) is 15.4 Å². The SMILES string of the molecule is NS(=O)(=O)c1ccc(C=Cc2cn[nH]n2)cc1. The molecular formula is C10H10N4O2S. The summed E-state index contributed by atoms with van der Waals surface area (Å²) in [5, 5.41) is 15.0. The van der Waals surface area contributed by atoms with Crippen LogP contribution in [0.2, 0.25) is 0 Å². The molecule has 0 saturated carbocycles. The number of sulfonamides is 1. The average molecular weight is 250 g/mol. The van der Waals surface area contributed by atoms with Crippen LogP contribution in [0.15, 0.2) is 35.4 Å². The highest BCUT2D eigenvalue weighted by Gasteiger charge is 2.05. The molecule has 2 rings (SSSR count). The molecule has 1 aromatic heterocycles. The van der Waals surface area contributed by atoms with Gasteiger partial charge in [-0.2, -0.15) is 15.4 Å². The normalized spacial score (nSPS) is 12.1. The molecule has 1 aromatic carbocycles. The molecule has 0 amide bonds. The minimum absolute atomic E-state index is 0.0936. The minimum Gasteiger partial charge on any atom is -0.225 e. The van der Waals surface area contributed by atoms with Crippen molar-refractivity contribution >= 4 is 22.2 Å². The third-order valence-corrected chi connectivity index (χ3v) is 3.02. The van der Waals surface area contributed by atoms with Crippen LogP contribution in [-0.4, -0.2) is 23.8 Å². The van der Waals surface area contributed by atoms with Crippen LogP contribution >= 0.6 is 0 Å². The van der Waals surface area contributed by atoms with Gasteiger partial charge in [0.1, 0.15) is 5.69 Å². The van der Waals surface area contributed by atoms with Crippen molar-refractivity contribution in [1.29, 1.82) is 0 Å². The van der Waals surface area contributed by atoms with E-state index in [-0.39, 0.29) is 4.90 Å². The molecule has 0 fully saturated rings. The number of hydrogen-bond donors (Lipinski definition) is 2. The Labute approximate surface area is 98.2 Å². The van der Waals surface area contributed by atoms with Gasteiger partial charge in [0.2, 0.25) is 10.0 Å². The van der Waals surface area contributed by atoms with Gasteiger partial charge < -0.3 is 0 Å². The van der Waals surface area contributed by atoms with E-state index in [1.165, 1.54) is 12.1 Å². The molecule has 0 atom stereocenters. The van der Waals surface area contributed by atoms with Crippen LogP contribution in [0, 0.1) is 0 Å². The molecule has 2 aromatic rings. The Morgan fingerprint density at radius 3 is 2.41 bits per heavy atom. The quantitative estimate of drug-likeness (QED) is 0.833. The van der Waals surface area contributed by atoms with Crippen molar-refractivity contribution in [3.63, 3.8) is 0 Å². The summed E-state index contributed by atoms with van der Waals surface area (Å²) in [4.78, 5) is 0.0936. The van der Waals surface area contributed by atoms with Gasteiger partial charge in [-0.1, -0.05) is 18.2 Å². The molecule has 1 heterocycles. The van der Waals surface area contributed by atoms with E-state index in [1.807, 2.05) is 0 Å². The smallest absolute Gasteiger partial charge is 0.225 e. The number of benzene rings is 1. The van der Waals surface area contributed by atoms with E-state index in [1.54, 1.807) is 30.5 Å². The van der Waals surface area contributed by atoms with Crippen molar-refractivity contribution in [2.75, 3.05) is 0 Å². The molecule has 7 heteroatoms. The molecule has 0 aliphatic heterocycles. The Kier molecular flexibility index (Phi) is 3.03. The van der Waals surface area contributed by atoms with Crippen LogP contribution in [-0.2, 0) is 10.0 Å². The number of hydrogen-bond acceptors (Lipinski definition) is 4. The van der Waals surface area contributed by atoms with Crippen LogP contribution in [0.5, 0.6) is 0 Å². The van der Waals surface area contributed by atoms with Crippen LogP contribution in [0.25, 0.3) is 12.2 Å². The maximum atomic E-state index is 11.0. The number of nitrogens with two attached hydrogens (primary N) is 1. The molecule has 0 saturated heterocycles. The summed E-state index contributed by atoms with van der Waals surface area (Å²) >= 11 is 0. The summed E-state index contributed by atoms with van der Waals surface area (Å²) in [6, 6.07) is 6.24. The second kappa shape index (κ2) is 4.48. The van der Waals surface area contributed by atoms with Gasteiger partial charge in [-0.05, 0) is 23.8 Å². The highest BCUT2D eigenvalue weighted by atomic mass is 32.2. The number of aromatic amines is 1. The van der Waals surface area contributed by atoms with Gasteiger partial charge in [0.25, 0.3) is 0 Å². The van der Waals surface area contributed by atoms with Gasteiger partial charge in [-0.15, -0.1) is 0 Å². The van der Waals surface area contributed by atoms with Crippen LogP contribution < -0.4 is 5.14 Å².